The minimum Gasteiger partial charge on any atom is -0.507 e. The molecule has 198 valence electrons. The van der Waals surface area contributed by atoms with Crippen molar-refractivity contribution in [3.8, 4) is 0 Å². The van der Waals surface area contributed by atoms with E-state index < -0.39 is 38.4 Å². The number of ketones is 1. The Morgan fingerprint density at radius 1 is 1.08 bits per heavy atom. The van der Waals surface area contributed by atoms with Gasteiger partial charge in [0.05, 0.1) is 21.4 Å². The number of ether oxygens (including phenoxy) is 1. The van der Waals surface area contributed by atoms with Crippen LogP contribution in [0.25, 0.3) is 5.76 Å². The Hall–Kier alpha value is -3.61. The number of nitro benzene ring substituents is 1. The normalized spacial score (nSPS) is 17.5. The molecular weight excluding hydrogens is 502 g/mol. The number of aliphatic hydroxyl groups excluding tert-OH is 1. The highest BCUT2D eigenvalue weighted by Gasteiger charge is 2.45. The third-order valence-electron chi connectivity index (χ3n) is 6.18. The predicted molar refractivity (Wildman–Crippen MR) is 135 cm³/mol. The van der Waals surface area contributed by atoms with Crippen LogP contribution in [-0.2, 0) is 24.3 Å². The molecule has 1 atom stereocenters. The van der Waals surface area contributed by atoms with Gasteiger partial charge in [-0.1, -0.05) is 13.8 Å². The molecule has 1 heterocycles. The zero-order valence-corrected chi connectivity index (χ0v) is 21.6. The lowest BCUT2D eigenvalue weighted by molar-refractivity contribution is -0.384. The van der Waals surface area contributed by atoms with Crippen LogP contribution in [0.5, 0.6) is 0 Å². The Bertz CT molecular complexity index is 1300. The summed E-state index contributed by atoms with van der Waals surface area (Å²) in [6.07, 6.45) is 0.422. The molecule has 0 aromatic heterocycles. The zero-order valence-electron chi connectivity index (χ0n) is 20.8. The van der Waals surface area contributed by atoms with E-state index in [-0.39, 0.29) is 28.3 Å². The van der Waals surface area contributed by atoms with E-state index in [0.29, 0.717) is 31.7 Å². The van der Waals surface area contributed by atoms with Crippen molar-refractivity contribution in [2.24, 2.45) is 0 Å². The van der Waals surface area contributed by atoms with Gasteiger partial charge in [-0.2, -0.15) is 4.31 Å². The zero-order chi connectivity index (χ0) is 27.3. The highest BCUT2D eigenvalue weighted by atomic mass is 32.2. The van der Waals surface area contributed by atoms with Gasteiger partial charge in [-0.3, -0.25) is 19.7 Å². The standard InChI is InChI=1S/C25H29N3O8S/c1-4-26(5-2)37(34,35)20-13-9-18(10-14-20)23(29)21-22(17-7-11-19(12-8-17)28(32)33)27(15-6-16-36-3)25(31)24(21)30/h7-14,22,29H,4-6,15-16H2,1-3H3/t22-/m0/s1. The summed E-state index contributed by atoms with van der Waals surface area (Å²) in [5.41, 5.74) is 0.213. The Balaban J connectivity index is 2.09. The van der Waals surface area contributed by atoms with Crippen molar-refractivity contribution in [2.45, 2.75) is 31.2 Å². The fourth-order valence-corrected chi connectivity index (χ4v) is 5.73. The van der Waals surface area contributed by atoms with Gasteiger partial charge in [0.15, 0.2) is 0 Å². The smallest absolute Gasteiger partial charge is 0.295 e. The van der Waals surface area contributed by atoms with Gasteiger partial charge in [-0.25, -0.2) is 8.42 Å². The van der Waals surface area contributed by atoms with E-state index >= 15 is 0 Å². The molecule has 0 aliphatic carbocycles. The number of methoxy groups -OCH3 is 1. The van der Waals surface area contributed by atoms with Crippen LogP contribution in [0.4, 0.5) is 5.69 Å². The molecule has 1 aliphatic rings. The first-order chi connectivity index (χ1) is 17.6. The summed E-state index contributed by atoms with van der Waals surface area (Å²) in [6, 6.07) is 9.81. The fraction of sp³-hybridized carbons (Fsp3) is 0.360. The van der Waals surface area contributed by atoms with Gasteiger partial charge in [-0.05, 0) is 48.4 Å². The molecule has 37 heavy (non-hydrogen) atoms. The van der Waals surface area contributed by atoms with Gasteiger partial charge in [0.1, 0.15) is 5.76 Å². The lowest BCUT2D eigenvalue weighted by Crippen LogP contribution is -2.31. The molecule has 1 aliphatic heterocycles. The number of non-ortho nitro benzene ring substituents is 1. The van der Waals surface area contributed by atoms with Crippen molar-refractivity contribution >= 4 is 33.2 Å². The van der Waals surface area contributed by atoms with Crippen LogP contribution < -0.4 is 0 Å². The summed E-state index contributed by atoms with van der Waals surface area (Å²) in [7, 11) is -2.22. The molecular formula is C25H29N3O8S. The number of amides is 1. The molecule has 1 fully saturated rings. The van der Waals surface area contributed by atoms with Gasteiger partial charge in [0.25, 0.3) is 17.4 Å². The number of carbonyl (C=O) groups is 2. The maximum atomic E-state index is 13.1. The molecule has 0 radical (unpaired) electrons. The first-order valence-corrected chi connectivity index (χ1v) is 13.1. The fourth-order valence-electron chi connectivity index (χ4n) is 4.27. The van der Waals surface area contributed by atoms with Gasteiger partial charge >= 0.3 is 0 Å². The van der Waals surface area contributed by atoms with Crippen LogP contribution in [0.3, 0.4) is 0 Å². The van der Waals surface area contributed by atoms with E-state index in [9.17, 15) is 33.2 Å². The van der Waals surface area contributed by atoms with Crippen molar-refractivity contribution in [1.82, 2.24) is 9.21 Å². The van der Waals surface area contributed by atoms with Crippen LogP contribution >= 0.6 is 0 Å². The molecule has 1 saturated heterocycles. The third kappa shape index (κ3) is 5.55. The molecule has 0 spiro atoms. The van der Waals surface area contributed by atoms with Gasteiger partial charge in [0, 0.05) is 51.0 Å². The number of Topliss-reactive ketones (excluding diaryl/α,β-unsaturated/α-hetero) is 1. The molecule has 1 amide bonds. The monoisotopic (exact) mass is 531 g/mol. The summed E-state index contributed by atoms with van der Waals surface area (Å²) in [4.78, 5) is 37.8. The van der Waals surface area contributed by atoms with Crippen LogP contribution in [0.2, 0.25) is 0 Å². The maximum absolute atomic E-state index is 13.1. The van der Waals surface area contributed by atoms with Crippen molar-refractivity contribution in [2.75, 3.05) is 33.4 Å². The molecule has 2 aromatic carbocycles. The second-order valence-electron chi connectivity index (χ2n) is 8.30. The highest BCUT2D eigenvalue weighted by molar-refractivity contribution is 7.89. The number of sulfonamides is 1. The van der Waals surface area contributed by atoms with Crippen molar-refractivity contribution in [3.05, 3.63) is 75.3 Å². The van der Waals surface area contributed by atoms with Crippen LogP contribution in [0.1, 0.15) is 37.4 Å². The summed E-state index contributed by atoms with van der Waals surface area (Å²) in [6.45, 7) is 4.53. The third-order valence-corrected chi connectivity index (χ3v) is 8.24. The molecule has 0 saturated carbocycles. The number of aliphatic hydroxyl groups is 1. The van der Waals surface area contributed by atoms with Crippen molar-refractivity contribution < 1.29 is 32.8 Å². The largest absolute Gasteiger partial charge is 0.507 e. The second-order valence-corrected chi connectivity index (χ2v) is 10.2. The van der Waals surface area contributed by atoms with Crippen LogP contribution in [0.15, 0.2) is 59.0 Å². The Kier molecular flexibility index (Phi) is 8.79. The van der Waals surface area contributed by atoms with E-state index in [2.05, 4.69) is 0 Å². The van der Waals surface area contributed by atoms with Crippen molar-refractivity contribution in [3.63, 3.8) is 0 Å². The average molecular weight is 532 g/mol. The number of likely N-dealkylation sites (tertiary alicyclic amines) is 1. The minimum absolute atomic E-state index is 0.0275. The molecule has 3 rings (SSSR count). The quantitative estimate of drug-likeness (QED) is 0.116. The Morgan fingerprint density at radius 2 is 1.68 bits per heavy atom. The van der Waals surface area contributed by atoms with Gasteiger partial charge in [0.2, 0.25) is 10.0 Å². The number of benzene rings is 2. The summed E-state index contributed by atoms with van der Waals surface area (Å²) in [5.74, 6) is -2.19. The number of hydrogen-bond donors (Lipinski definition) is 1. The van der Waals surface area contributed by atoms with Crippen molar-refractivity contribution in [1.29, 1.82) is 0 Å². The molecule has 2 aromatic rings. The first kappa shape index (κ1) is 28.0. The van der Waals surface area contributed by atoms with Gasteiger partial charge in [-0.15, -0.1) is 0 Å². The van der Waals surface area contributed by atoms with Gasteiger partial charge < -0.3 is 14.7 Å². The number of rotatable bonds is 11. The van der Waals surface area contributed by atoms with E-state index in [1.165, 1.54) is 64.8 Å². The first-order valence-electron chi connectivity index (χ1n) is 11.7. The topological polar surface area (TPSA) is 147 Å². The lowest BCUT2D eigenvalue weighted by atomic mass is 9.95. The summed E-state index contributed by atoms with van der Waals surface area (Å²) < 4.78 is 31.9. The van der Waals surface area contributed by atoms with E-state index in [0.717, 1.165) is 0 Å². The minimum atomic E-state index is -3.73. The number of hydrogen-bond acceptors (Lipinski definition) is 8. The SMILES string of the molecule is CCN(CC)S(=O)(=O)c1ccc(C(O)=C2C(=O)C(=O)N(CCCOC)[C@H]2c2ccc([N+](=O)[O-])cc2)cc1. The maximum Gasteiger partial charge on any atom is 0.295 e. The average Bonchev–Trinajstić information content (AvgIpc) is 3.14. The highest BCUT2D eigenvalue weighted by Crippen LogP contribution is 2.40. The summed E-state index contributed by atoms with van der Waals surface area (Å²) >= 11 is 0. The van der Waals surface area contributed by atoms with E-state index in [1.807, 2.05) is 0 Å². The van der Waals surface area contributed by atoms with Crippen LogP contribution in [-0.4, -0.2) is 72.7 Å². The van der Waals surface area contributed by atoms with E-state index in [1.54, 1.807) is 13.8 Å². The Labute approximate surface area is 215 Å². The van der Waals surface area contributed by atoms with Crippen LogP contribution in [0, 0.1) is 10.1 Å². The molecule has 1 N–H and O–H groups in total. The second kappa shape index (κ2) is 11.6. The van der Waals surface area contributed by atoms with E-state index in [4.69, 9.17) is 4.74 Å². The molecule has 0 unspecified atom stereocenters. The number of nitro groups is 1. The predicted octanol–water partition coefficient (Wildman–Crippen LogP) is 3.08. The molecule has 11 nitrogen and oxygen atoms in total. The molecule has 0 bridgehead atoms. The Morgan fingerprint density at radius 3 is 2.19 bits per heavy atom. The summed E-state index contributed by atoms with van der Waals surface area (Å²) in [5, 5.41) is 22.2. The number of nitrogens with zero attached hydrogens (tertiary/aromatic N) is 3. The molecule has 12 heteroatoms. The lowest BCUT2D eigenvalue weighted by Gasteiger charge is -2.25. The number of carbonyl (C=O) groups excluding carboxylic acids is 2.